The second-order valence-electron chi connectivity index (χ2n) is 5.15. The van der Waals surface area contributed by atoms with Gasteiger partial charge in [0.15, 0.2) is 0 Å². The SMILES string of the molecule is CCc1nn(CC)c(CC2CCCCNC2)c1Cl. The van der Waals surface area contributed by atoms with Crippen molar-refractivity contribution >= 4 is 11.6 Å². The Morgan fingerprint density at radius 1 is 1.39 bits per heavy atom. The number of hydrogen-bond acceptors (Lipinski definition) is 2. The standard InChI is InChI=1S/C14H24ClN3/c1-3-12-14(15)13(18(4-2)17-12)9-11-7-5-6-8-16-10-11/h11,16H,3-10H2,1-2H3. The Morgan fingerprint density at radius 3 is 2.94 bits per heavy atom. The molecule has 2 rings (SSSR count). The summed E-state index contributed by atoms with van der Waals surface area (Å²) in [4.78, 5) is 0. The van der Waals surface area contributed by atoms with Crippen molar-refractivity contribution in [1.29, 1.82) is 0 Å². The van der Waals surface area contributed by atoms with E-state index >= 15 is 0 Å². The highest BCUT2D eigenvalue weighted by Crippen LogP contribution is 2.26. The minimum absolute atomic E-state index is 0.705. The summed E-state index contributed by atoms with van der Waals surface area (Å²) in [7, 11) is 0. The summed E-state index contributed by atoms with van der Waals surface area (Å²) >= 11 is 6.46. The molecule has 0 aromatic carbocycles. The van der Waals surface area contributed by atoms with Gasteiger partial charge >= 0.3 is 0 Å². The Bertz CT molecular complexity index is 379. The summed E-state index contributed by atoms with van der Waals surface area (Å²) < 4.78 is 2.09. The molecule has 1 aromatic heterocycles. The molecule has 0 bridgehead atoms. The number of nitrogens with zero attached hydrogens (tertiary/aromatic N) is 2. The maximum atomic E-state index is 6.46. The molecular weight excluding hydrogens is 246 g/mol. The average Bonchev–Trinajstić information content (AvgIpc) is 2.58. The number of hydrogen-bond donors (Lipinski definition) is 1. The van der Waals surface area contributed by atoms with E-state index in [1.807, 2.05) is 0 Å². The van der Waals surface area contributed by atoms with Gasteiger partial charge in [0.2, 0.25) is 0 Å². The van der Waals surface area contributed by atoms with Gasteiger partial charge in [-0.05, 0) is 51.6 Å². The summed E-state index contributed by atoms with van der Waals surface area (Å²) in [5, 5.41) is 9.03. The van der Waals surface area contributed by atoms with Crippen LogP contribution in [0.15, 0.2) is 0 Å². The summed E-state index contributed by atoms with van der Waals surface area (Å²) in [6.07, 6.45) is 5.92. The van der Waals surface area contributed by atoms with E-state index in [0.717, 1.165) is 43.2 Å². The molecule has 0 saturated carbocycles. The maximum absolute atomic E-state index is 6.46. The molecule has 1 saturated heterocycles. The van der Waals surface area contributed by atoms with Crippen LogP contribution in [0, 0.1) is 5.92 Å². The van der Waals surface area contributed by atoms with Crippen LogP contribution in [0.1, 0.15) is 44.5 Å². The van der Waals surface area contributed by atoms with Crippen molar-refractivity contribution in [2.45, 2.75) is 52.5 Å². The summed E-state index contributed by atoms with van der Waals surface area (Å²) in [6, 6.07) is 0. The molecule has 1 fully saturated rings. The topological polar surface area (TPSA) is 29.9 Å². The first kappa shape index (κ1) is 13.9. The Hall–Kier alpha value is -0.540. The molecule has 102 valence electrons. The zero-order valence-electron chi connectivity index (χ0n) is 11.5. The molecule has 3 nitrogen and oxygen atoms in total. The molecule has 4 heteroatoms. The van der Waals surface area contributed by atoms with Crippen LogP contribution in [0.2, 0.25) is 5.02 Å². The van der Waals surface area contributed by atoms with Gasteiger partial charge in [-0.15, -0.1) is 0 Å². The molecule has 18 heavy (non-hydrogen) atoms. The van der Waals surface area contributed by atoms with E-state index in [4.69, 9.17) is 11.6 Å². The first-order valence-corrected chi connectivity index (χ1v) is 7.58. The number of aromatic nitrogens is 2. The molecule has 1 aliphatic rings. The van der Waals surface area contributed by atoms with Gasteiger partial charge in [-0.1, -0.05) is 24.9 Å². The van der Waals surface area contributed by atoms with Crippen LogP contribution in [-0.4, -0.2) is 22.9 Å². The second kappa shape index (κ2) is 6.58. The maximum Gasteiger partial charge on any atom is 0.0849 e. The highest BCUT2D eigenvalue weighted by atomic mass is 35.5. The number of aryl methyl sites for hydroxylation is 2. The normalized spacial score (nSPS) is 20.9. The van der Waals surface area contributed by atoms with Gasteiger partial charge in [0.05, 0.1) is 16.4 Å². The molecule has 1 aromatic rings. The Labute approximate surface area is 115 Å². The van der Waals surface area contributed by atoms with Gasteiger partial charge in [0.1, 0.15) is 0 Å². The highest BCUT2D eigenvalue weighted by molar-refractivity contribution is 6.31. The number of halogens is 1. The summed E-state index contributed by atoms with van der Waals surface area (Å²) in [6.45, 7) is 7.45. The fraction of sp³-hybridized carbons (Fsp3) is 0.786. The monoisotopic (exact) mass is 269 g/mol. The molecule has 2 heterocycles. The van der Waals surface area contributed by atoms with Crippen LogP contribution in [0.3, 0.4) is 0 Å². The van der Waals surface area contributed by atoms with Crippen LogP contribution >= 0.6 is 11.6 Å². The van der Waals surface area contributed by atoms with Crippen molar-refractivity contribution in [3.8, 4) is 0 Å². The Balaban J connectivity index is 2.13. The smallest absolute Gasteiger partial charge is 0.0849 e. The lowest BCUT2D eigenvalue weighted by Gasteiger charge is -2.15. The van der Waals surface area contributed by atoms with Gasteiger partial charge in [0, 0.05) is 6.54 Å². The predicted molar refractivity (Wildman–Crippen MR) is 76.2 cm³/mol. The lowest BCUT2D eigenvalue weighted by atomic mass is 9.97. The van der Waals surface area contributed by atoms with Gasteiger partial charge in [-0.3, -0.25) is 4.68 Å². The van der Waals surface area contributed by atoms with Crippen LogP contribution in [-0.2, 0) is 19.4 Å². The first-order valence-electron chi connectivity index (χ1n) is 7.21. The zero-order chi connectivity index (χ0) is 13.0. The van der Waals surface area contributed by atoms with Gasteiger partial charge in [-0.25, -0.2) is 0 Å². The van der Waals surface area contributed by atoms with Crippen molar-refractivity contribution in [3.05, 3.63) is 16.4 Å². The average molecular weight is 270 g/mol. The molecule has 1 atom stereocenters. The summed E-state index contributed by atoms with van der Waals surface area (Å²) in [5.74, 6) is 0.705. The number of nitrogens with one attached hydrogen (secondary N) is 1. The van der Waals surface area contributed by atoms with Crippen molar-refractivity contribution in [1.82, 2.24) is 15.1 Å². The molecule has 0 aliphatic carbocycles. The largest absolute Gasteiger partial charge is 0.316 e. The first-order chi connectivity index (χ1) is 8.76. The number of rotatable bonds is 4. The molecule has 1 aliphatic heterocycles. The van der Waals surface area contributed by atoms with E-state index in [1.165, 1.54) is 25.0 Å². The second-order valence-corrected chi connectivity index (χ2v) is 5.52. The van der Waals surface area contributed by atoms with Crippen molar-refractivity contribution in [3.63, 3.8) is 0 Å². The minimum atomic E-state index is 0.705. The van der Waals surface area contributed by atoms with Gasteiger partial charge in [-0.2, -0.15) is 5.10 Å². The van der Waals surface area contributed by atoms with Crippen molar-refractivity contribution < 1.29 is 0 Å². The molecule has 0 amide bonds. The minimum Gasteiger partial charge on any atom is -0.316 e. The fourth-order valence-corrected chi connectivity index (χ4v) is 3.10. The van der Waals surface area contributed by atoms with E-state index in [-0.39, 0.29) is 0 Å². The van der Waals surface area contributed by atoms with E-state index in [9.17, 15) is 0 Å². The summed E-state index contributed by atoms with van der Waals surface area (Å²) in [5.41, 5.74) is 2.29. The van der Waals surface area contributed by atoms with E-state index in [0.29, 0.717) is 5.92 Å². The van der Waals surface area contributed by atoms with Crippen LogP contribution in [0.5, 0.6) is 0 Å². The van der Waals surface area contributed by atoms with Crippen LogP contribution in [0.4, 0.5) is 0 Å². The molecule has 1 N–H and O–H groups in total. The highest BCUT2D eigenvalue weighted by Gasteiger charge is 2.19. The van der Waals surface area contributed by atoms with E-state index < -0.39 is 0 Å². The molecular formula is C14H24ClN3. The third-order valence-corrected chi connectivity index (χ3v) is 4.26. The molecule has 0 radical (unpaired) electrons. The van der Waals surface area contributed by atoms with Crippen LogP contribution < -0.4 is 5.32 Å². The van der Waals surface area contributed by atoms with Crippen LogP contribution in [0.25, 0.3) is 0 Å². The molecule has 1 unspecified atom stereocenters. The third kappa shape index (κ3) is 3.07. The van der Waals surface area contributed by atoms with Crippen molar-refractivity contribution in [2.75, 3.05) is 13.1 Å². The predicted octanol–water partition coefficient (Wildman–Crippen LogP) is 3.05. The fourth-order valence-electron chi connectivity index (χ4n) is 2.75. The van der Waals surface area contributed by atoms with Gasteiger partial charge in [0.25, 0.3) is 0 Å². The van der Waals surface area contributed by atoms with E-state index in [1.54, 1.807) is 0 Å². The zero-order valence-corrected chi connectivity index (χ0v) is 12.3. The lowest BCUT2D eigenvalue weighted by Crippen LogP contribution is -2.23. The Morgan fingerprint density at radius 2 is 2.22 bits per heavy atom. The third-order valence-electron chi connectivity index (χ3n) is 3.83. The van der Waals surface area contributed by atoms with Gasteiger partial charge < -0.3 is 5.32 Å². The van der Waals surface area contributed by atoms with E-state index in [2.05, 4.69) is 28.9 Å². The lowest BCUT2D eigenvalue weighted by molar-refractivity contribution is 0.456. The van der Waals surface area contributed by atoms with Crippen molar-refractivity contribution in [2.24, 2.45) is 5.92 Å². The Kier molecular flexibility index (Phi) is 5.07. The molecule has 0 spiro atoms. The quantitative estimate of drug-likeness (QED) is 0.911.